The van der Waals surface area contributed by atoms with Crippen molar-refractivity contribution in [2.75, 3.05) is 5.32 Å². The standard InChI is InChI=1S/C19H13N7/c20-12-15-13-22-26(18-8-4-5-11-21-18)19(15)23-17-10-9-16(24-25-17)14-6-2-1-3-7-14/h1-11,13H,(H,23,25). The first-order chi connectivity index (χ1) is 12.8. The molecule has 7 nitrogen and oxygen atoms in total. The molecular formula is C19H13N7. The van der Waals surface area contributed by atoms with E-state index >= 15 is 0 Å². The Balaban J connectivity index is 1.66. The maximum atomic E-state index is 9.35. The van der Waals surface area contributed by atoms with Gasteiger partial charge in [-0.25, -0.2) is 4.98 Å². The van der Waals surface area contributed by atoms with Crippen LogP contribution in [0.2, 0.25) is 0 Å². The molecule has 3 aromatic heterocycles. The summed E-state index contributed by atoms with van der Waals surface area (Å²) in [7, 11) is 0. The third-order valence-corrected chi connectivity index (χ3v) is 3.74. The average Bonchev–Trinajstić information content (AvgIpc) is 3.12. The fourth-order valence-electron chi connectivity index (χ4n) is 2.49. The number of anilines is 2. The molecular weight excluding hydrogens is 326 g/mol. The van der Waals surface area contributed by atoms with E-state index in [0.717, 1.165) is 11.3 Å². The van der Waals surface area contributed by atoms with E-state index in [1.54, 1.807) is 10.9 Å². The number of aromatic nitrogens is 5. The Morgan fingerprint density at radius 3 is 2.46 bits per heavy atom. The zero-order chi connectivity index (χ0) is 17.8. The maximum absolute atomic E-state index is 9.35. The number of nitriles is 1. The number of hydrogen-bond acceptors (Lipinski definition) is 6. The Morgan fingerprint density at radius 2 is 1.77 bits per heavy atom. The van der Waals surface area contributed by atoms with Crippen LogP contribution >= 0.6 is 0 Å². The fourth-order valence-corrected chi connectivity index (χ4v) is 2.49. The van der Waals surface area contributed by atoms with Gasteiger partial charge in [0.15, 0.2) is 17.5 Å². The van der Waals surface area contributed by atoms with Crippen molar-refractivity contribution in [2.24, 2.45) is 0 Å². The summed E-state index contributed by atoms with van der Waals surface area (Å²) in [6.07, 6.45) is 3.16. The van der Waals surface area contributed by atoms with E-state index in [9.17, 15) is 5.26 Å². The summed E-state index contributed by atoms with van der Waals surface area (Å²) >= 11 is 0. The lowest BCUT2D eigenvalue weighted by Gasteiger charge is -2.09. The van der Waals surface area contributed by atoms with Crippen molar-refractivity contribution in [2.45, 2.75) is 0 Å². The third-order valence-electron chi connectivity index (χ3n) is 3.74. The summed E-state index contributed by atoms with van der Waals surface area (Å²) in [6.45, 7) is 0. The molecule has 0 atom stereocenters. The largest absolute Gasteiger partial charge is 0.322 e. The minimum absolute atomic E-state index is 0.393. The molecule has 0 aliphatic heterocycles. The topological polar surface area (TPSA) is 92.3 Å². The summed E-state index contributed by atoms with van der Waals surface area (Å²) in [6, 6.07) is 21.1. The predicted octanol–water partition coefficient (Wildman–Crippen LogP) is 3.34. The summed E-state index contributed by atoms with van der Waals surface area (Å²) in [5.74, 6) is 1.61. The van der Waals surface area contributed by atoms with Crippen LogP contribution in [0, 0.1) is 11.3 Å². The second kappa shape index (κ2) is 6.83. The van der Waals surface area contributed by atoms with Crippen LogP contribution in [0.5, 0.6) is 0 Å². The Kier molecular flexibility index (Phi) is 4.06. The van der Waals surface area contributed by atoms with Crippen LogP contribution in [0.4, 0.5) is 11.6 Å². The highest BCUT2D eigenvalue weighted by atomic mass is 15.4. The van der Waals surface area contributed by atoms with Gasteiger partial charge in [0.05, 0.1) is 11.9 Å². The molecule has 0 amide bonds. The molecule has 0 saturated heterocycles. The number of pyridine rings is 1. The van der Waals surface area contributed by atoms with Crippen molar-refractivity contribution in [1.29, 1.82) is 5.26 Å². The lowest BCUT2D eigenvalue weighted by Crippen LogP contribution is -2.06. The van der Waals surface area contributed by atoms with E-state index in [0.29, 0.717) is 23.0 Å². The Morgan fingerprint density at radius 1 is 0.923 bits per heavy atom. The molecule has 0 radical (unpaired) electrons. The lowest BCUT2D eigenvalue weighted by molar-refractivity contribution is 0.852. The first-order valence-corrected chi connectivity index (χ1v) is 7.91. The van der Waals surface area contributed by atoms with E-state index in [4.69, 9.17) is 0 Å². The van der Waals surface area contributed by atoms with Crippen LogP contribution < -0.4 is 5.32 Å². The van der Waals surface area contributed by atoms with Crippen molar-refractivity contribution in [3.8, 4) is 23.1 Å². The summed E-state index contributed by atoms with van der Waals surface area (Å²) in [5, 5.41) is 25.2. The third kappa shape index (κ3) is 2.99. The highest BCUT2D eigenvalue weighted by Crippen LogP contribution is 2.23. The summed E-state index contributed by atoms with van der Waals surface area (Å²) in [4.78, 5) is 4.27. The Bertz CT molecular complexity index is 1050. The molecule has 3 heterocycles. The number of nitrogens with one attached hydrogen (secondary N) is 1. The molecule has 4 rings (SSSR count). The SMILES string of the molecule is N#Cc1cnn(-c2ccccn2)c1Nc1ccc(-c2ccccc2)nn1. The molecule has 0 saturated carbocycles. The predicted molar refractivity (Wildman–Crippen MR) is 96.8 cm³/mol. The molecule has 0 aliphatic carbocycles. The first kappa shape index (κ1) is 15.5. The highest BCUT2D eigenvalue weighted by Gasteiger charge is 2.14. The van der Waals surface area contributed by atoms with Crippen molar-refractivity contribution >= 4 is 11.6 Å². The summed E-state index contributed by atoms with van der Waals surface area (Å²) in [5.41, 5.74) is 2.15. The molecule has 0 aliphatic rings. The van der Waals surface area contributed by atoms with Gasteiger partial charge in [0.2, 0.25) is 0 Å². The highest BCUT2D eigenvalue weighted by molar-refractivity contribution is 5.64. The van der Waals surface area contributed by atoms with Gasteiger partial charge in [-0.3, -0.25) is 0 Å². The molecule has 124 valence electrons. The van der Waals surface area contributed by atoms with Crippen LogP contribution in [-0.4, -0.2) is 25.0 Å². The second-order valence-corrected chi connectivity index (χ2v) is 5.41. The molecule has 0 spiro atoms. The van der Waals surface area contributed by atoms with Crippen molar-refractivity contribution < 1.29 is 0 Å². The van der Waals surface area contributed by atoms with E-state index in [1.807, 2.05) is 60.7 Å². The van der Waals surface area contributed by atoms with Crippen LogP contribution in [0.25, 0.3) is 17.1 Å². The lowest BCUT2D eigenvalue weighted by atomic mass is 10.1. The van der Waals surface area contributed by atoms with E-state index in [-0.39, 0.29) is 0 Å². The van der Waals surface area contributed by atoms with Crippen LogP contribution in [0.15, 0.2) is 73.1 Å². The van der Waals surface area contributed by atoms with Crippen molar-refractivity contribution in [3.05, 3.63) is 78.6 Å². The summed E-state index contributed by atoms with van der Waals surface area (Å²) < 4.78 is 1.56. The fraction of sp³-hybridized carbons (Fsp3) is 0. The van der Waals surface area contributed by atoms with Crippen LogP contribution in [0.1, 0.15) is 5.56 Å². The Labute approximate surface area is 149 Å². The zero-order valence-corrected chi connectivity index (χ0v) is 13.6. The zero-order valence-electron chi connectivity index (χ0n) is 13.6. The monoisotopic (exact) mass is 339 g/mol. The molecule has 1 N–H and O–H groups in total. The molecule has 26 heavy (non-hydrogen) atoms. The average molecular weight is 339 g/mol. The minimum atomic E-state index is 0.393. The van der Waals surface area contributed by atoms with Crippen molar-refractivity contribution in [3.63, 3.8) is 0 Å². The van der Waals surface area contributed by atoms with Gasteiger partial charge in [0.1, 0.15) is 11.6 Å². The molecule has 0 fully saturated rings. The number of benzene rings is 1. The second-order valence-electron chi connectivity index (χ2n) is 5.41. The molecule has 0 unspecified atom stereocenters. The van der Waals surface area contributed by atoms with Gasteiger partial charge in [0.25, 0.3) is 0 Å². The van der Waals surface area contributed by atoms with Gasteiger partial charge < -0.3 is 5.32 Å². The molecule has 1 aromatic carbocycles. The quantitative estimate of drug-likeness (QED) is 0.613. The number of rotatable bonds is 4. The molecule has 7 heteroatoms. The molecule has 4 aromatic rings. The number of nitrogens with zero attached hydrogens (tertiary/aromatic N) is 6. The van der Waals surface area contributed by atoms with Crippen LogP contribution in [0.3, 0.4) is 0 Å². The van der Waals surface area contributed by atoms with E-state index in [2.05, 4.69) is 31.7 Å². The minimum Gasteiger partial charge on any atom is -0.322 e. The Hall–Kier alpha value is -4.05. The normalized spacial score (nSPS) is 10.3. The molecule has 0 bridgehead atoms. The van der Waals surface area contributed by atoms with Gasteiger partial charge in [-0.1, -0.05) is 36.4 Å². The van der Waals surface area contributed by atoms with Crippen LogP contribution in [-0.2, 0) is 0 Å². The van der Waals surface area contributed by atoms with E-state index in [1.165, 1.54) is 6.20 Å². The first-order valence-electron chi connectivity index (χ1n) is 7.91. The van der Waals surface area contributed by atoms with Gasteiger partial charge in [-0.05, 0) is 24.3 Å². The van der Waals surface area contributed by atoms with Gasteiger partial charge in [-0.15, -0.1) is 10.2 Å². The number of hydrogen-bond donors (Lipinski definition) is 1. The maximum Gasteiger partial charge on any atom is 0.155 e. The van der Waals surface area contributed by atoms with Gasteiger partial charge >= 0.3 is 0 Å². The van der Waals surface area contributed by atoms with Gasteiger partial charge in [-0.2, -0.15) is 15.0 Å². The smallest absolute Gasteiger partial charge is 0.155 e. The van der Waals surface area contributed by atoms with E-state index < -0.39 is 0 Å². The van der Waals surface area contributed by atoms with Gasteiger partial charge in [0, 0.05) is 11.8 Å². The van der Waals surface area contributed by atoms with Crippen molar-refractivity contribution in [1.82, 2.24) is 25.0 Å².